The first-order valence-corrected chi connectivity index (χ1v) is 33.5. The summed E-state index contributed by atoms with van der Waals surface area (Å²) in [4.78, 5) is 0. The highest BCUT2D eigenvalue weighted by molar-refractivity contribution is 6.20. The molecule has 6 aromatic heterocycles. The first-order valence-electron chi connectivity index (χ1n) is 33.5. The fourth-order valence-electron chi connectivity index (χ4n) is 16.8. The molecule has 21 rings (SSSR count). The molecule has 0 aliphatic carbocycles. The Kier molecular flexibility index (Phi) is 11.5. The molecule has 0 bridgehead atoms. The van der Waals surface area contributed by atoms with Crippen LogP contribution in [0, 0.1) is 11.3 Å². The van der Waals surface area contributed by atoms with Gasteiger partial charge in [0.15, 0.2) is 0 Å². The van der Waals surface area contributed by atoms with Crippen molar-refractivity contribution < 1.29 is 0 Å². The summed E-state index contributed by atoms with van der Waals surface area (Å²) in [6.45, 7) is 0. The highest BCUT2D eigenvalue weighted by Gasteiger charge is 2.37. The Balaban J connectivity index is 1.04. The van der Waals surface area contributed by atoms with Gasteiger partial charge in [-0.05, 0) is 126 Å². The van der Waals surface area contributed by atoms with Gasteiger partial charge in [0, 0.05) is 75.9 Å². The minimum Gasteiger partial charge on any atom is -0.309 e. The van der Waals surface area contributed by atoms with Crippen molar-refractivity contribution in [2.24, 2.45) is 0 Å². The molecule has 0 N–H and O–H groups in total. The molecule has 0 amide bonds. The third kappa shape index (κ3) is 7.51. The van der Waals surface area contributed by atoms with Crippen molar-refractivity contribution >= 4 is 131 Å². The fourth-order valence-corrected chi connectivity index (χ4v) is 16.8. The second-order valence-electron chi connectivity index (χ2n) is 25.8. The predicted octanol–water partition coefficient (Wildman–Crippen LogP) is 23.5. The van der Waals surface area contributed by atoms with Gasteiger partial charge in [0.2, 0.25) is 0 Å². The maximum atomic E-state index is 11.3. The maximum absolute atomic E-state index is 11.3. The van der Waals surface area contributed by atoms with E-state index in [1.807, 2.05) is 6.07 Å². The number of benzene rings is 15. The fraction of sp³-hybridized carbons (Fsp3) is 0. The normalized spacial score (nSPS) is 12.1. The molecule has 0 radical (unpaired) electrons. The zero-order chi connectivity index (χ0) is 64.3. The lowest BCUT2D eigenvalue weighted by atomic mass is 9.94. The van der Waals surface area contributed by atoms with Crippen LogP contribution in [-0.2, 0) is 0 Å². The number of hydrogen-bond acceptors (Lipinski definition) is 1. The molecule has 0 saturated heterocycles. The van der Waals surface area contributed by atoms with E-state index < -0.39 is 0 Å². The van der Waals surface area contributed by atoms with E-state index >= 15 is 0 Å². The standard InChI is InChI=1S/C91H55N7/c92-56-57-25-24-26-60(53-57)86-87(94-75-40-15-4-29-62(75)63-30-5-16-41-76(63)94)89(96-79-44-19-8-33-66(79)67-34-9-20-45-80(67)96)91(90(97-81-46-21-10-35-68(81)69-36-11-22-47-82(69)97)88(86)95-77-42-17-6-31-64(77)65-32-7-18-43-78(65)95)98-83-48-23-13-38-71(83)73-55-59(50-52-85(73)98)58-49-51-84-72(54-58)70-37-12-14-39-74(70)93(84)61-27-2-1-3-28-61/h1-55H. The Morgan fingerprint density at radius 2 is 0.439 bits per heavy atom. The Bertz CT molecular complexity index is 6550. The quantitative estimate of drug-likeness (QED) is 0.150. The van der Waals surface area contributed by atoms with Crippen molar-refractivity contribution in [3.63, 3.8) is 0 Å². The Hall–Kier alpha value is -13.4. The van der Waals surface area contributed by atoms with Crippen LogP contribution >= 0.6 is 0 Å². The number of hydrogen-bond donors (Lipinski definition) is 0. The smallest absolute Gasteiger partial charge is 0.0991 e. The number of fused-ring (bicyclic) bond motifs is 18. The van der Waals surface area contributed by atoms with Crippen molar-refractivity contribution in [2.45, 2.75) is 0 Å². The first kappa shape index (κ1) is 54.0. The van der Waals surface area contributed by atoms with Crippen molar-refractivity contribution in [3.05, 3.63) is 339 Å². The van der Waals surface area contributed by atoms with E-state index in [0.717, 1.165) is 171 Å². The summed E-state index contributed by atoms with van der Waals surface area (Å²) in [5, 5.41) is 25.0. The highest BCUT2D eigenvalue weighted by Crippen LogP contribution is 2.55. The average Bonchev–Trinajstić information content (AvgIpc) is 1.42. The van der Waals surface area contributed by atoms with Crippen molar-refractivity contribution in [3.8, 4) is 62.4 Å². The number of nitrogens with zero attached hydrogens (tertiary/aromatic N) is 7. The van der Waals surface area contributed by atoms with Crippen LogP contribution in [0.15, 0.2) is 334 Å². The largest absolute Gasteiger partial charge is 0.309 e. The van der Waals surface area contributed by atoms with Crippen molar-refractivity contribution in [2.75, 3.05) is 0 Å². The lowest BCUT2D eigenvalue weighted by Gasteiger charge is -2.32. The van der Waals surface area contributed by atoms with Gasteiger partial charge in [-0.15, -0.1) is 0 Å². The van der Waals surface area contributed by atoms with Crippen LogP contribution in [0.4, 0.5) is 0 Å². The van der Waals surface area contributed by atoms with Gasteiger partial charge in [0.25, 0.3) is 0 Å². The van der Waals surface area contributed by atoms with Crippen LogP contribution < -0.4 is 0 Å². The summed E-state index contributed by atoms with van der Waals surface area (Å²) in [5.74, 6) is 0. The van der Waals surface area contributed by atoms with Gasteiger partial charge in [0.05, 0.1) is 106 Å². The minimum absolute atomic E-state index is 0.559. The van der Waals surface area contributed by atoms with E-state index in [9.17, 15) is 5.26 Å². The van der Waals surface area contributed by atoms with E-state index in [1.165, 1.54) is 16.3 Å². The zero-order valence-corrected chi connectivity index (χ0v) is 52.9. The van der Waals surface area contributed by atoms with Gasteiger partial charge in [-0.3, -0.25) is 0 Å². The molecule has 0 fully saturated rings. The molecule has 7 nitrogen and oxygen atoms in total. The molecule has 0 aliphatic heterocycles. The molecule has 98 heavy (non-hydrogen) atoms. The third-order valence-electron chi connectivity index (χ3n) is 20.8. The predicted molar refractivity (Wildman–Crippen MR) is 408 cm³/mol. The first-order chi connectivity index (χ1) is 48.7. The van der Waals surface area contributed by atoms with E-state index in [4.69, 9.17) is 0 Å². The van der Waals surface area contributed by atoms with Crippen molar-refractivity contribution in [1.29, 1.82) is 5.26 Å². The van der Waals surface area contributed by atoms with Crippen molar-refractivity contribution in [1.82, 2.24) is 27.4 Å². The third-order valence-corrected chi connectivity index (χ3v) is 20.8. The van der Waals surface area contributed by atoms with E-state index in [-0.39, 0.29) is 0 Å². The molecule has 0 aliphatic rings. The lowest BCUT2D eigenvalue weighted by Crippen LogP contribution is -2.18. The van der Waals surface area contributed by atoms with Gasteiger partial charge in [-0.1, -0.05) is 224 Å². The molecule has 15 aromatic carbocycles. The molecular weight excluding hydrogens is 1190 g/mol. The van der Waals surface area contributed by atoms with Gasteiger partial charge < -0.3 is 27.4 Å². The molecular formula is C91H55N7. The maximum Gasteiger partial charge on any atom is 0.0991 e. The van der Waals surface area contributed by atoms with Gasteiger partial charge in [-0.2, -0.15) is 5.26 Å². The topological polar surface area (TPSA) is 53.4 Å². The monoisotopic (exact) mass is 1250 g/mol. The van der Waals surface area contributed by atoms with Gasteiger partial charge in [-0.25, -0.2) is 0 Å². The molecule has 0 atom stereocenters. The molecule has 7 heteroatoms. The molecule has 21 aromatic rings. The molecule has 0 spiro atoms. The van der Waals surface area contributed by atoms with Crippen LogP contribution in [-0.4, -0.2) is 27.4 Å². The Labute approximate surface area is 561 Å². The molecule has 6 heterocycles. The van der Waals surface area contributed by atoms with Gasteiger partial charge >= 0.3 is 0 Å². The number of aromatic nitrogens is 6. The average molecular weight is 1250 g/mol. The van der Waals surface area contributed by atoms with Crippen LogP contribution in [0.1, 0.15) is 5.56 Å². The second-order valence-corrected chi connectivity index (χ2v) is 25.8. The molecule has 0 saturated carbocycles. The summed E-state index contributed by atoms with van der Waals surface area (Å²) >= 11 is 0. The lowest BCUT2D eigenvalue weighted by molar-refractivity contribution is 1.00. The van der Waals surface area contributed by atoms with E-state index in [2.05, 4.69) is 361 Å². The highest BCUT2D eigenvalue weighted by atomic mass is 15.2. The van der Waals surface area contributed by atoms with E-state index in [0.29, 0.717) is 5.56 Å². The zero-order valence-electron chi connectivity index (χ0n) is 52.9. The van der Waals surface area contributed by atoms with Crippen LogP contribution in [0.25, 0.3) is 187 Å². The number of rotatable bonds is 8. The minimum atomic E-state index is 0.559. The number of para-hydroxylation sites is 11. The molecule has 0 unspecified atom stereocenters. The SMILES string of the molecule is N#Cc1cccc(-c2c(-n3c4ccccc4c4ccccc43)c(-n3c4ccccc4c4ccccc43)c(-n3c4ccccc4c4cc(-c5ccc6c(c5)c5ccccc5n6-c5ccccc5)ccc43)c(-n3c4ccccc4c4ccccc43)c2-n2c3ccccc3c3ccccc32)c1. The summed E-state index contributed by atoms with van der Waals surface area (Å²) < 4.78 is 15.3. The molecule has 454 valence electrons. The summed E-state index contributed by atoms with van der Waals surface area (Å²) in [6.07, 6.45) is 0. The number of nitriles is 1. The summed E-state index contributed by atoms with van der Waals surface area (Å²) in [6, 6.07) is 125. The van der Waals surface area contributed by atoms with Crippen LogP contribution in [0.2, 0.25) is 0 Å². The Morgan fingerprint density at radius 3 is 0.765 bits per heavy atom. The van der Waals surface area contributed by atoms with Crippen LogP contribution in [0.5, 0.6) is 0 Å². The van der Waals surface area contributed by atoms with Gasteiger partial charge in [0.1, 0.15) is 0 Å². The second kappa shape index (κ2) is 20.8. The Morgan fingerprint density at radius 1 is 0.184 bits per heavy atom. The summed E-state index contributed by atoms with van der Waals surface area (Å²) in [5.41, 5.74) is 23.4. The van der Waals surface area contributed by atoms with Crippen LogP contribution in [0.3, 0.4) is 0 Å². The van der Waals surface area contributed by atoms with E-state index in [1.54, 1.807) is 0 Å². The summed E-state index contributed by atoms with van der Waals surface area (Å²) in [7, 11) is 0.